The number of para-hydroxylation sites is 1. The molecule has 0 amide bonds. The van der Waals surface area contributed by atoms with Gasteiger partial charge in [0.25, 0.3) is 0 Å². The first-order valence-corrected chi connectivity index (χ1v) is 23.1. The van der Waals surface area contributed by atoms with Crippen LogP contribution in [0.5, 0.6) is 0 Å². The number of hydrogen-bond donors (Lipinski definition) is 3. The number of carboxylic acids is 1. The SMILES string of the molecule is Cc1c(Nc2nc3ccccc3s2)nnc2c1CCCN2c1ccc(-c2cnn(CC34CC5(C)CC(C)(C3)CC(OCCNCC[C@H]3COC(C)(C)O3)(C5)C4)c2C)c(C(=O)O)n1. The highest BCUT2D eigenvalue weighted by atomic mass is 32.1. The minimum Gasteiger partial charge on any atom is -0.476 e. The van der Waals surface area contributed by atoms with Gasteiger partial charge in [-0.2, -0.15) is 5.10 Å². The van der Waals surface area contributed by atoms with E-state index in [1.165, 1.54) is 6.42 Å². The molecule has 6 aliphatic rings. The molecule has 15 heteroatoms. The fraction of sp³-hybridized carbons (Fsp3) is 0.574. The largest absolute Gasteiger partial charge is 0.476 e. The second-order valence-electron chi connectivity index (χ2n) is 20.2. The molecule has 2 aliphatic heterocycles. The first-order chi connectivity index (χ1) is 29.6. The van der Waals surface area contributed by atoms with Crippen LogP contribution in [0.25, 0.3) is 21.3 Å². The van der Waals surface area contributed by atoms with Crippen LogP contribution in [0, 0.1) is 30.1 Å². The molecule has 11 rings (SSSR count). The lowest BCUT2D eigenvalue weighted by molar-refractivity contribution is -0.247. The van der Waals surface area contributed by atoms with Gasteiger partial charge < -0.3 is 34.9 Å². The number of aromatic nitrogens is 6. The Morgan fingerprint density at radius 2 is 1.77 bits per heavy atom. The Labute approximate surface area is 367 Å². The summed E-state index contributed by atoms with van der Waals surface area (Å²) in [7, 11) is 0. The van der Waals surface area contributed by atoms with Crippen LogP contribution in [-0.4, -0.2) is 91.4 Å². The van der Waals surface area contributed by atoms with Crippen LogP contribution in [0.4, 0.5) is 22.6 Å². The first kappa shape index (κ1) is 41.5. The molecule has 328 valence electrons. The fourth-order valence-electron chi connectivity index (χ4n) is 12.9. The average molecular weight is 862 g/mol. The number of benzene rings is 1. The van der Waals surface area contributed by atoms with Crippen molar-refractivity contribution in [3.05, 3.63) is 65.1 Å². The average Bonchev–Trinajstić information content (AvgIpc) is 3.90. The Bertz CT molecular complexity index is 2480. The number of rotatable bonds is 14. The van der Waals surface area contributed by atoms with Gasteiger partial charge in [0.1, 0.15) is 5.82 Å². The maximum atomic E-state index is 13.0. The Morgan fingerprint density at radius 1 is 0.968 bits per heavy atom. The number of pyridine rings is 1. The van der Waals surface area contributed by atoms with E-state index < -0.39 is 11.8 Å². The Morgan fingerprint density at radius 3 is 2.53 bits per heavy atom. The van der Waals surface area contributed by atoms with E-state index in [9.17, 15) is 9.90 Å². The van der Waals surface area contributed by atoms with Gasteiger partial charge in [-0.3, -0.25) is 4.68 Å². The normalized spacial score (nSPS) is 28.5. The number of thiazole rings is 1. The molecule has 14 nitrogen and oxygen atoms in total. The van der Waals surface area contributed by atoms with Crippen LogP contribution >= 0.6 is 11.3 Å². The second kappa shape index (κ2) is 15.3. The van der Waals surface area contributed by atoms with E-state index in [0.717, 1.165) is 109 Å². The van der Waals surface area contributed by atoms with Crippen molar-refractivity contribution in [2.45, 2.75) is 123 Å². The lowest BCUT2D eigenvalue weighted by atomic mass is 9.39. The minimum atomic E-state index is -1.08. The topological polar surface area (TPSA) is 162 Å². The molecule has 1 saturated heterocycles. The zero-order valence-corrected chi connectivity index (χ0v) is 37.7. The van der Waals surface area contributed by atoms with Crippen molar-refractivity contribution in [1.82, 2.24) is 35.3 Å². The molecule has 4 bridgehead atoms. The van der Waals surface area contributed by atoms with Crippen molar-refractivity contribution in [2.75, 3.05) is 43.1 Å². The fourth-order valence-corrected chi connectivity index (χ4v) is 13.8. The van der Waals surface area contributed by atoms with Crippen LogP contribution in [0.1, 0.15) is 106 Å². The van der Waals surface area contributed by atoms with Crippen molar-refractivity contribution in [2.24, 2.45) is 16.2 Å². The monoisotopic (exact) mass is 861 g/mol. The van der Waals surface area contributed by atoms with Gasteiger partial charge in [-0.15, -0.1) is 10.2 Å². The Hall–Kier alpha value is -4.54. The highest BCUT2D eigenvalue weighted by molar-refractivity contribution is 7.22. The number of carbonyl (C=O) groups is 1. The molecule has 2 unspecified atom stereocenters. The summed E-state index contributed by atoms with van der Waals surface area (Å²) in [5.41, 5.74) is 5.59. The van der Waals surface area contributed by atoms with Gasteiger partial charge in [-0.05, 0) is 133 Å². The van der Waals surface area contributed by atoms with Crippen LogP contribution < -0.4 is 15.5 Å². The minimum absolute atomic E-state index is 0.000179. The van der Waals surface area contributed by atoms with Crippen molar-refractivity contribution in [1.29, 1.82) is 0 Å². The summed E-state index contributed by atoms with van der Waals surface area (Å²) in [6.07, 6.45) is 11.3. The van der Waals surface area contributed by atoms with E-state index in [1.807, 2.05) is 62.2 Å². The van der Waals surface area contributed by atoms with Crippen LogP contribution in [0.3, 0.4) is 0 Å². The van der Waals surface area contributed by atoms with Gasteiger partial charge in [-0.1, -0.05) is 37.3 Å². The summed E-state index contributed by atoms with van der Waals surface area (Å²) < 4.78 is 21.9. The number of anilines is 4. The molecule has 4 aromatic heterocycles. The van der Waals surface area contributed by atoms with E-state index in [-0.39, 0.29) is 33.6 Å². The zero-order valence-electron chi connectivity index (χ0n) is 36.8. The van der Waals surface area contributed by atoms with Gasteiger partial charge in [0, 0.05) is 47.6 Å². The van der Waals surface area contributed by atoms with Crippen molar-refractivity contribution < 1.29 is 24.1 Å². The van der Waals surface area contributed by atoms with Crippen molar-refractivity contribution >= 4 is 50.1 Å². The summed E-state index contributed by atoms with van der Waals surface area (Å²) in [4.78, 5) is 24.5. The number of fused-ring (bicyclic) bond motifs is 2. The highest BCUT2D eigenvalue weighted by Crippen LogP contribution is 2.72. The quantitative estimate of drug-likeness (QED) is 0.0910. The third kappa shape index (κ3) is 7.77. The standard InChI is InChI=1S/C47H59N9O5S/c1-29-32-10-9-18-55(40(32)54-53-39(29)52-42-50-35-11-7-8-12-36(35)62-42)37-14-13-33(38(51-37)41(57)58)34-20-49-56(30(34)2)28-46-23-44(5)22-45(6,24-46)26-47(25-44,27-46)59-19-17-48-16-15-31-21-60-43(3,4)61-31/h7-8,11-14,20,31,48H,9-10,15-19,21-28H2,1-6H3,(H,57,58)(H,50,52,53)/t31-,44?,45?,46?,47?/m0/s1. The summed E-state index contributed by atoms with van der Waals surface area (Å²) in [5.74, 6) is 0.338. The number of nitrogens with one attached hydrogen (secondary N) is 2. The summed E-state index contributed by atoms with van der Waals surface area (Å²) in [6.45, 7) is 17.4. The predicted molar refractivity (Wildman–Crippen MR) is 240 cm³/mol. The summed E-state index contributed by atoms with van der Waals surface area (Å²) >= 11 is 1.58. The molecule has 5 aromatic rings. The van der Waals surface area contributed by atoms with Crippen LogP contribution in [0.2, 0.25) is 0 Å². The molecule has 0 radical (unpaired) electrons. The van der Waals surface area contributed by atoms with Gasteiger partial charge >= 0.3 is 5.97 Å². The molecule has 4 aliphatic carbocycles. The second-order valence-corrected chi connectivity index (χ2v) is 21.2. The molecule has 3 N–H and O–H groups in total. The van der Waals surface area contributed by atoms with Gasteiger partial charge in [0.2, 0.25) is 0 Å². The van der Waals surface area contributed by atoms with E-state index in [0.29, 0.717) is 42.8 Å². The number of aromatic carboxylic acids is 1. The zero-order chi connectivity index (χ0) is 43.1. The predicted octanol–water partition coefficient (Wildman–Crippen LogP) is 8.75. The van der Waals surface area contributed by atoms with E-state index in [4.69, 9.17) is 29.3 Å². The van der Waals surface area contributed by atoms with Gasteiger partial charge in [0.05, 0.1) is 41.3 Å². The maximum Gasteiger partial charge on any atom is 0.355 e. The van der Waals surface area contributed by atoms with Crippen LogP contribution in [-0.2, 0) is 27.2 Å². The van der Waals surface area contributed by atoms with Gasteiger partial charge in [0.15, 0.2) is 28.2 Å². The third-order valence-corrected chi connectivity index (χ3v) is 15.1. The van der Waals surface area contributed by atoms with Crippen molar-refractivity contribution in [3.63, 3.8) is 0 Å². The smallest absolute Gasteiger partial charge is 0.355 e. The van der Waals surface area contributed by atoms with Crippen molar-refractivity contribution in [3.8, 4) is 11.1 Å². The Balaban J connectivity index is 0.850. The number of carboxylic acid groups (broad SMARTS) is 1. The number of ether oxygens (including phenoxy) is 3. The lowest BCUT2D eigenvalue weighted by Gasteiger charge is -2.69. The molecule has 4 saturated carbocycles. The van der Waals surface area contributed by atoms with Crippen LogP contribution in [0.15, 0.2) is 42.6 Å². The summed E-state index contributed by atoms with van der Waals surface area (Å²) in [6, 6.07) is 11.8. The number of nitrogens with zero attached hydrogens (tertiary/aromatic N) is 7. The van der Waals surface area contributed by atoms with E-state index in [2.05, 4.69) is 52.4 Å². The molecular formula is C47H59N9O5S. The molecular weight excluding hydrogens is 803 g/mol. The molecule has 1 aromatic carbocycles. The Kier molecular flexibility index (Phi) is 10.2. The lowest BCUT2D eigenvalue weighted by Crippen LogP contribution is -2.64. The van der Waals surface area contributed by atoms with E-state index >= 15 is 0 Å². The molecule has 5 fully saturated rings. The molecule has 6 heterocycles. The first-order valence-electron chi connectivity index (χ1n) is 22.3. The highest BCUT2D eigenvalue weighted by Gasteiger charge is 2.66. The van der Waals surface area contributed by atoms with E-state index in [1.54, 1.807) is 11.3 Å². The third-order valence-electron chi connectivity index (χ3n) is 14.2. The van der Waals surface area contributed by atoms with Gasteiger partial charge in [-0.25, -0.2) is 14.8 Å². The molecule has 3 atom stereocenters. The summed E-state index contributed by atoms with van der Waals surface area (Å²) in [5, 5.41) is 32.6. The molecule has 0 spiro atoms. The molecule has 62 heavy (non-hydrogen) atoms. The maximum absolute atomic E-state index is 13.0. The number of hydrogen-bond acceptors (Lipinski definition) is 13.